The van der Waals surface area contributed by atoms with Gasteiger partial charge in [0.05, 0.1) is 13.0 Å². The molecule has 0 radical (unpaired) electrons. The zero-order valence-electron chi connectivity index (χ0n) is 24.2. The third-order valence-electron chi connectivity index (χ3n) is 6.22. The number of aliphatic hydroxyl groups excluding tert-OH is 1. The van der Waals surface area contributed by atoms with E-state index in [2.05, 4.69) is 6.92 Å². The highest BCUT2D eigenvalue weighted by atomic mass is 16.6. The average Bonchev–Trinajstić information content (AvgIpc) is 2.84. The Hall–Kier alpha value is -2.16. The first-order valence-electron chi connectivity index (χ1n) is 14.5. The van der Waals surface area contributed by atoms with Gasteiger partial charge in [-0.15, -0.1) is 0 Å². The maximum absolute atomic E-state index is 12.2. The molecule has 0 aromatic heterocycles. The molecule has 0 amide bonds. The standard InChI is InChI=1S/C29H52O9/c1-5-6-7-8-9-10-11-12-14-17-26(36-24(3)32)18-15-13-16-19-27(37-25(4)33)20-29(34)38-28(21-30)22-35-23(2)31/h26-28,30H,5-22H2,1-4H3. The highest BCUT2D eigenvalue weighted by Crippen LogP contribution is 2.18. The van der Waals surface area contributed by atoms with Gasteiger partial charge in [0.15, 0.2) is 6.10 Å². The van der Waals surface area contributed by atoms with Gasteiger partial charge in [0, 0.05) is 20.8 Å². The van der Waals surface area contributed by atoms with Crippen LogP contribution in [0.4, 0.5) is 0 Å². The van der Waals surface area contributed by atoms with Gasteiger partial charge in [-0.05, 0) is 38.5 Å². The van der Waals surface area contributed by atoms with E-state index in [0.717, 1.165) is 44.9 Å². The van der Waals surface area contributed by atoms with Gasteiger partial charge in [0.1, 0.15) is 18.8 Å². The molecular weight excluding hydrogens is 492 g/mol. The van der Waals surface area contributed by atoms with Crippen LogP contribution in [0.5, 0.6) is 0 Å². The SMILES string of the molecule is CCCCCCCCCCCC(CCCCCC(CC(=O)OC(CO)COC(C)=O)OC(C)=O)OC(C)=O. The Morgan fingerprint density at radius 2 is 1.03 bits per heavy atom. The van der Waals surface area contributed by atoms with Crippen molar-refractivity contribution in [3.8, 4) is 0 Å². The second-order valence-corrected chi connectivity index (χ2v) is 10.0. The number of aliphatic hydroxyl groups is 1. The minimum atomic E-state index is -0.964. The zero-order valence-corrected chi connectivity index (χ0v) is 24.2. The summed E-state index contributed by atoms with van der Waals surface area (Å²) in [4.78, 5) is 46.2. The van der Waals surface area contributed by atoms with Crippen molar-refractivity contribution in [2.75, 3.05) is 13.2 Å². The lowest BCUT2D eigenvalue weighted by Gasteiger charge is -2.20. The first kappa shape index (κ1) is 35.8. The van der Waals surface area contributed by atoms with E-state index in [-0.39, 0.29) is 25.1 Å². The molecular formula is C29H52O9. The van der Waals surface area contributed by atoms with Gasteiger partial charge in [-0.1, -0.05) is 64.7 Å². The number of rotatable bonds is 24. The molecule has 0 saturated heterocycles. The molecule has 0 fully saturated rings. The fourth-order valence-corrected chi connectivity index (χ4v) is 4.29. The van der Waals surface area contributed by atoms with Gasteiger partial charge in [-0.3, -0.25) is 19.2 Å². The van der Waals surface area contributed by atoms with E-state index in [0.29, 0.717) is 6.42 Å². The summed E-state index contributed by atoms with van der Waals surface area (Å²) < 4.78 is 20.7. The summed E-state index contributed by atoms with van der Waals surface area (Å²) >= 11 is 0. The second-order valence-electron chi connectivity index (χ2n) is 10.0. The minimum absolute atomic E-state index is 0.0797. The second kappa shape index (κ2) is 23.9. The van der Waals surface area contributed by atoms with Crippen molar-refractivity contribution >= 4 is 23.9 Å². The Morgan fingerprint density at radius 1 is 0.579 bits per heavy atom. The van der Waals surface area contributed by atoms with Crippen LogP contribution in [0.2, 0.25) is 0 Å². The van der Waals surface area contributed by atoms with Gasteiger partial charge >= 0.3 is 23.9 Å². The number of unbranched alkanes of at least 4 members (excludes halogenated alkanes) is 10. The summed E-state index contributed by atoms with van der Waals surface area (Å²) in [6, 6.07) is 0. The molecule has 1 N–H and O–H groups in total. The van der Waals surface area contributed by atoms with Crippen LogP contribution in [0.25, 0.3) is 0 Å². The molecule has 222 valence electrons. The number of hydrogen-bond acceptors (Lipinski definition) is 9. The molecule has 0 aromatic carbocycles. The fraction of sp³-hybridized carbons (Fsp3) is 0.862. The summed E-state index contributed by atoms with van der Waals surface area (Å²) in [6.45, 7) is 5.45. The molecule has 0 heterocycles. The maximum atomic E-state index is 12.2. The Morgan fingerprint density at radius 3 is 1.50 bits per heavy atom. The van der Waals surface area contributed by atoms with Crippen molar-refractivity contribution in [1.82, 2.24) is 0 Å². The van der Waals surface area contributed by atoms with Crippen molar-refractivity contribution in [3.05, 3.63) is 0 Å². The van der Waals surface area contributed by atoms with Crippen LogP contribution in [-0.2, 0) is 38.1 Å². The van der Waals surface area contributed by atoms with Crippen molar-refractivity contribution in [1.29, 1.82) is 0 Å². The first-order valence-corrected chi connectivity index (χ1v) is 14.5. The Kier molecular flexibility index (Phi) is 22.6. The predicted molar refractivity (Wildman–Crippen MR) is 144 cm³/mol. The van der Waals surface area contributed by atoms with Crippen LogP contribution >= 0.6 is 0 Å². The average molecular weight is 545 g/mol. The van der Waals surface area contributed by atoms with E-state index in [9.17, 15) is 24.3 Å². The van der Waals surface area contributed by atoms with Crippen molar-refractivity contribution in [2.45, 2.75) is 149 Å². The van der Waals surface area contributed by atoms with Gasteiger partial charge in [0.25, 0.3) is 0 Å². The van der Waals surface area contributed by atoms with E-state index < -0.39 is 36.7 Å². The molecule has 0 rings (SSSR count). The molecule has 9 nitrogen and oxygen atoms in total. The zero-order chi connectivity index (χ0) is 28.6. The molecule has 3 unspecified atom stereocenters. The lowest BCUT2D eigenvalue weighted by Crippen LogP contribution is -2.30. The molecule has 9 heteroatoms. The summed E-state index contributed by atoms with van der Waals surface area (Å²) in [5, 5.41) is 9.31. The third-order valence-corrected chi connectivity index (χ3v) is 6.22. The summed E-state index contributed by atoms with van der Waals surface area (Å²) in [7, 11) is 0. The summed E-state index contributed by atoms with van der Waals surface area (Å²) in [5.41, 5.74) is 0. The topological polar surface area (TPSA) is 125 Å². The van der Waals surface area contributed by atoms with Gasteiger partial charge in [0.2, 0.25) is 0 Å². The van der Waals surface area contributed by atoms with Gasteiger partial charge in [-0.25, -0.2) is 0 Å². The van der Waals surface area contributed by atoms with E-state index in [4.69, 9.17) is 18.9 Å². The lowest BCUT2D eigenvalue weighted by atomic mass is 10.0. The van der Waals surface area contributed by atoms with Crippen molar-refractivity contribution in [3.63, 3.8) is 0 Å². The van der Waals surface area contributed by atoms with Crippen molar-refractivity contribution in [2.24, 2.45) is 0 Å². The van der Waals surface area contributed by atoms with E-state index in [1.54, 1.807) is 0 Å². The van der Waals surface area contributed by atoms with Gasteiger partial charge in [-0.2, -0.15) is 0 Å². The van der Waals surface area contributed by atoms with Crippen LogP contribution < -0.4 is 0 Å². The molecule has 38 heavy (non-hydrogen) atoms. The fourth-order valence-electron chi connectivity index (χ4n) is 4.29. The number of carbonyl (C=O) groups excluding carboxylic acids is 4. The Labute approximate surface area is 229 Å². The molecule has 0 spiro atoms. The molecule has 0 aliphatic heterocycles. The normalized spacial score (nSPS) is 13.3. The van der Waals surface area contributed by atoms with Crippen LogP contribution in [0.3, 0.4) is 0 Å². The quantitative estimate of drug-likeness (QED) is 0.0941. The molecule has 0 saturated carbocycles. The largest absolute Gasteiger partial charge is 0.463 e. The lowest BCUT2D eigenvalue weighted by molar-refractivity contribution is -0.164. The highest BCUT2D eigenvalue weighted by Gasteiger charge is 2.21. The number of carbonyl (C=O) groups is 4. The maximum Gasteiger partial charge on any atom is 0.310 e. The van der Waals surface area contributed by atoms with E-state index >= 15 is 0 Å². The monoisotopic (exact) mass is 544 g/mol. The number of ether oxygens (including phenoxy) is 4. The van der Waals surface area contributed by atoms with Crippen molar-refractivity contribution < 1.29 is 43.2 Å². The Balaban J connectivity index is 4.33. The van der Waals surface area contributed by atoms with Crippen LogP contribution in [0, 0.1) is 0 Å². The Bertz CT molecular complexity index is 650. The molecule has 3 atom stereocenters. The van der Waals surface area contributed by atoms with E-state index in [1.807, 2.05) is 0 Å². The highest BCUT2D eigenvalue weighted by molar-refractivity contribution is 5.71. The summed E-state index contributed by atoms with van der Waals surface area (Å²) in [6.07, 6.45) is 14.0. The number of esters is 4. The molecule has 0 aliphatic rings. The molecule has 0 bridgehead atoms. The molecule has 0 aliphatic carbocycles. The van der Waals surface area contributed by atoms with E-state index in [1.165, 1.54) is 65.7 Å². The van der Waals surface area contributed by atoms with Crippen LogP contribution in [-0.4, -0.2) is 60.5 Å². The molecule has 0 aromatic rings. The van der Waals surface area contributed by atoms with Gasteiger partial charge < -0.3 is 24.1 Å². The van der Waals surface area contributed by atoms with Crippen LogP contribution in [0.15, 0.2) is 0 Å². The minimum Gasteiger partial charge on any atom is -0.463 e. The summed E-state index contributed by atoms with van der Waals surface area (Å²) in [5.74, 6) is -1.92. The smallest absolute Gasteiger partial charge is 0.310 e. The number of hydrogen-bond donors (Lipinski definition) is 1. The van der Waals surface area contributed by atoms with Crippen LogP contribution in [0.1, 0.15) is 130 Å². The third kappa shape index (κ3) is 23.0. The predicted octanol–water partition coefficient (Wildman–Crippen LogP) is 5.58. The first-order chi connectivity index (χ1) is 18.2.